The Balaban J connectivity index is 2.24. The molecular weight excluding hydrogens is 341 g/mol. The number of anilines is 1. The van der Waals surface area contributed by atoms with E-state index in [1.807, 2.05) is 6.92 Å². The molecule has 1 atom stereocenters. The zero-order valence-electron chi connectivity index (χ0n) is 11.4. The maximum Gasteiger partial charge on any atom is 0.283 e. The minimum atomic E-state index is -0.333. The summed E-state index contributed by atoms with van der Waals surface area (Å²) in [5.74, 6) is -0.309. The van der Waals surface area contributed by atoms with Crippen LogP contribution in [-0.2, 0) is 6.54 Å². The van der Waals surface area contributed by atoms with Crippen LogP contribution in [0, 0.1) is 5.82 Å². The van der Waals surface area contributed by atoms with Gasteiger partial charge in [0.25, 0.3) is 5.56 Å². The zero-order chi connectivity index (χ0) is 15.4. The average molecular weight is 356 g/mol. The molecule has 0 aliphatic rings. The quantitative estimate of drug-likeness (QED) is 0.863. The lowest BCUT2D eigenvalue weighted by Gasteiger charge is -2.17. The fraction of sp³-hybridized carbons (Fsp3) is 0.286. The predicted octanol–water partition coefficient (Wildman–Crippen LogP) is 2.31. The summed E-state index contributed by atoms with van der Waals surface area (Å²) in [6.07, 6.45) is 1.50. The van der Waals surface area contributed by atoms with Gasteiger partial charge in [-0.2, -0.15) is 5.10 Å². The molecule has 0 fully saturated rings. The molecule has 0 saturated carbocycles. The molecular formula is C14H15BrFN3O2. The molecule has 0 radical (unpaired) electrons. The van der Waals surface area contributed by atoms with E-state index in [9.17, 15) is 9.18 Å². The van der Waals surface area contributed by atoms with Crippen LogP contribution < -0.4 is 10.9 Å². The molecule has 1 heterocycles. The van der Waals surface area contributed by atoms with Gasteiger partial charge >= 0.3 is 0 Å². The topological polar surface area (TPSA) is 67.2 Å². The molecule has 0 aliphatic heterocycles. The van der Waals surface area contributed by atoms with E-state index < -0.39 is 0 Å². The van der Waals surface area contributed by atoms with Crippen LogP contribution >= 0.6 is 15.9 Å². The number of aliphatic hydroxyl groups is 1. The van der Waals surface area contributed by atoms with Crippen molar-refractivity contribution in [2.45, 2.75) is 19.5 Å². The van der Waals surface area contributed by atoms with Crippen LogP contribution in [0.15, 0.2) is 39.7 Å². The molecule has 0 aliphatic carbocycles. The van der Waals surface area contributed by atoms with Crippen molar-refractivity contribution >= 4 is 21.6 Å². The molecule has 1 aromatic heterocycles. The highest BCUT2D eigenvalue weighted by Crippen LogP contribution is 2.23. The Morgan fingerprint density at radius 3 is 2.95 bits per heavy atom. The summed E-state index contributed by atoms with van der Waals surface area (Å²) in [4.78, 5) is 12.0. The largest absolute Gasteiger partial charge is 0.394 e. The molecule has 7 heteroatoms. The monoisotopic (exact) mass is 355 g/mol. The van der Waals surface area contributed by atoms with Crippen LogP contribution in [0.3, 0.4) is 0 Å². The molecule has 112 valence electrons. The van der Waals surface area contributed by atoms with E-state index in [-0.39, 0.29) is 30.6 Å². The third kappa shape index (κ3) is 3.68. The number of benzene rings is 1. The summed E-state index contributed by atoms with van der Waals surface area (Å²) >= 11 is 3.23. The molecule has 2 N–H and O–H groups in total. The number of aliphatic hydroxyl groups excluding tert-OH is 1. The van der Waals surface area contributed by atoms with E-state index in [2.05, 4.69) is 26.3 Å². The van der Waals surface area contributed by atoms with Gasteiger partial charge in [0.1, 0.15) is 10.3 Å². The van der Waals surface area contributed by atoms with Crippen molar-refractivity contribution in [2.75, 3.05) is 11.9 Å². The fourth-order valence-corrected chi connectivity index (χ4v) is 2.33. The summed E-state index contributed by atoms with van der Waals surface area (Å²) in [7, 11) is 0. The van der Waals surface area contributed by atoms with Crippen molar-refractivity contribution in [2.24, 2.45) is 0 Å². The third-order valence-corrected chi connectivity index (χ3v) is 3.78. The molecule has 21 heavy (non-hydrogen) atoms. The van der Waals surface area contributed by atoms with Gasteiger partial charge in [0, 0.05) is 6.04 Å². The summed E-state index contributed by atoms with van der Waals surface area (Å²) in [6.45, 7) is 1.84. The first-order valence-electron chi connectivity index (χ1n) is 6.41. The number of aromatic nitrogens is 2. The van der Waals surface area contributed by atoms with E-state index in [4.69, 9.17) is 5.11 Å². The van der Waals surface area contributed by atoms with Gasteiger partial charge in [-0.3, -0.25) is 4.79 Å². The molecule has 0 saturated heterocycles. The van der Waals surface area contributed by atoms with Gasteiger partial charge in [0.05, 0.1) is 25.0 Å². The van der Waals surface area contributed by atoms with Crippen LogP contribution in [0.1, 0.15) is 18.5 Å². The van der Waals surface area contributed by atoms with Gasteiger partial charge in [-0.1, -0.05) is 12.1 Å². The second kappa shape index (κ2) is 6.82. The van der Waals surface area contributed by atoms with Crippen molar-refractivity contribution < 1.29 is 9.50 Å². The SMILES string of the molecule is CC(Nc1cnn(CCO)c(=O)c1Br)c1cccc(F)c1. The molecule has 2 aromatic rings. The number of nitrogens with zero attached hydrogens (tertiary/aromatic N) is 2. The Labute approximate surface area is 129 Å². The lowest BCUT2D eigenvalue weighted by atomic mass is 10.1. The molecule has 2 rings (SSSR count). The standard InChI is InChI=1S/C14H15BrFN3O2/c1-9(10-3-2-4-11(16)7-10)18-12-8-17-19(5-6-20)14(21)13(12)15/h2-4,7-9,18,20H,5-6H2,1H3. The van der Waals surface area contributed by atoms with Gasteiger partial charge in [-0.25, -0.2) is 9.07 Å². The lowest BCUT2D eigenvalue weighted by molar-refractivity contribution is 0.266. The molecule has 0 bridgehead atoms. The van der Waals surface area contributed by atoms with Crippen molar-refractivity contribution in [3.8, 4) is 0 Å². The normalized spacial score (nSPS) is 12.2. The first-order chi connectivity index (χ1) is 10.0. The van der Waals surface area contributed by atoms with Crippen molar-refractivity contribution in [3.05, 3.63) is 56.7 Å². The average Bonchev–Trinajstić information content (AvgIpc) is 2.47. The third-order valence-electron chi connectivity index (χ3n) is 3.02. The lowest BCUT2D eigenvalue weighted by Crippen LogP contribution is -2.26. The molecule has 1 aromatic carbocycles. The smallest absolute Gasteiger partial charge is 0.283 e. The van der Waals surface area contributed by atoms with E-state index in [1.54, 1.807) is 12.1 Å². The summed E-state index contributed by atoms with van der Waals surface area (Å²) in [5.41, 5.74) is 0.952. The summed E-state index contributed by atoms with van der Waals surface area (Å²) in [6, 6.07) is 6.06. The molecule has 1 unspecified atom stereocenters. The van der Waals surface area contributed by atoms with Crippen LogP contribution in [0.5, 0.6) is 0 Å². The number of halogens is 2. The second-order valence-corrected chi connectivity index (χ2v) is 5.34. The Morgan fingerprint density at radius 2 is 2.29 bits per heavy atom. The van der Waals surface area contributed by atoms with Gasteiger partial charge in [-0.05, 0) is 40.5 Å². The first-order valence-corrected chi connectivity index (χ1v) is 7.20. The molecule has 0 amide bonds. The second-order valence-electron chi connectivity index (χ2n) is 4.55. The van der Waals surface area contributed by atoms with Crippen LogP contribution in [0.2, 0.25) is 0 Å². The number of hydrogen-bond donors (Lipinski definition) is 2. The zero-order valence-corrected chi connectivity index (χ0v) is 13.0. The first kappa shape index (κ1) is 15.7. The Morgan fingerprint density at radius 1 is 1.52 bits per heavy atom. The van der Waals surface area contributed by atoms with E-state index in [0.717, 1.165) is 5.56 Å². The van der Waals surface area contributed by atoms with E-state index in [1.165, 1.54) is 23.0 Å². The number of rotatable bonds is 5. The highest BCUT2D eigenvalue weighted by molar-refractivity contribution is 9.10. The fourth-order valence-electron chi connectivity index (χ4n) is 1.91. The van der Waals surface area contributed by atoms with Gasteiger partial charge in [-0.15, -0.1) is 0 Å². The Kier molecular flexibility index (Phi) is 5.08. The number of nitrogens with one attached hydrogen (secondary N) is 1. The predicted molar refractivity (Wildman–Crippen MR) is 81.7 cm³/mol. The van der Waals surface area contributed by atoms with Crippen molar-refractivity contribution in [1.82, 2.24) is 9.78 Å². The van der Waals surface area contributed by atoms with Gasteiger partial charge < -0.3 is 10.4 Å². The van der Waals surface area contributed by atoms with E-state index in [0.29, 0.717) is 10.2 Å². The summed E-state index contributed by atoms with van der Waals surface area (Å²) in [5, 5.41) is 15.9. The molecule has 5 nitrogen and oxygen atoms in total. The number of hydrogen-bond acceptors (Lipinski definition) is 4. The van der Waals surface area contributed by atoms with Crippen LogP contribution in [-0.4, -0.2) is 21.5 Å². The van der Waals surface area contributed by atoms with Gasteiger partial charge in [0.15, 0.2) is 0 Å². The molecule has 0 spiro atoms. The van der Waals surface area contributed by atoms with Crippen molar-refractivity contribution in [3.63, 3.8) is 0 Å². The summed E-state index contributed by atoms with van der Waals surface area (Å²) < 4.78 is 14.7. The van der Waals surface area contributed by atoms with E-state index >= 15 is 0 Å². The van der Waals surface area contributed by atoms with Crippen LogP contribution in [0.4, 0.5) is 10.1 Å². The van der Waals surface area contributed by atoms with Crippen molar-refractivity contribution in [1.29, 1.82) is 0 Å². The minimum Gasteiger partial charge on any atom is -0.394 e. The van der Waals surface area contributed by atoms with Gasteiger partial charge in [0.2, 0.25) is 0 Å². The highest BCUT2D eigenvalue weighted by Gasteiger charge is 2.12. The minimum absolute atomic E-state index is 0.136. The maximum atomic E-state index is 13.2. The maximum absolute atomic E-state index is 13.2. The highest BCUT2D eigenvalue weighted by atomic mass is 79.9. The Hall–Kier alpha value is -1.73. The Bertz CT molecular complexity index is 690. The van der Waals surface area contributed by atoms with Crippen LogP contribution in [0.25, 0.3) is 0 Å².